The quantitative estimate of drug-likeness (QED) is 0.240. The minimum atomic E-state index is -1.34. The van der Waals surface area contributed by atoms with Crippen molar-refractivity contribution in [3.05, 3.63) is 55.7 Å². The maximum absolute atomic E-state index is 13.5. The lowest BCUT2D eigenvalue weighted by atomic mass is 9.85. The van der Waals surface area contributed by atoms with Gasteiger partial charge in [-0.1, -0.05) is 25.7 Å². The van der Waals surface area contributed by atoms with Crippen LogP contribution >= 0.6 is 0 Å². The van der Waals surface area contributed by atoms with Gasteiger partial charge in [0.25, 0.3) is 5.56 Å². The number of aromatic nitrogens is 2. The first-order chi connectivity index (χ1) is 17.1. The smallest absolute Gasteiger partial charge is 0.339 e. The molecule has 3 aliphatic heterocycles. The van der Waals surface area contributed by atoms with Crippen LogP contribution in [0.25, 0.3) is 22.3 Å². The molecular weight excluding hydrogens is 450 g/mol. The highest BCUT2D eigenvalue weighted by atomic mass is 16.7. The van der Waals surface area contributed by atoms with Crippen LogP contribution in [0.5, 0.6) is 11.5 Å². The van der Waals surface area contributed by atoms with E-state index in [4.69, 9.17) is 19.2 Å². The van der Waals surface area contributed by atoms with E-state index in [0.717, 1.165) is 35.0 Å². The summed E-state index contributed by atoms with van der Waals surface area (Å²) < 4.78 is 18.1. The van der Waals surface area contributed by atoms with Crippen LogP contribution in [0.4, 0.5) is 0 Å². The predicted molar refractivity (Wildman–Crippen MR) is 125 cm³/mol. The molecule has 1 saturated carbocycles. The predicted octanol–water partition coefficient (Wildman–Crippen LogP) is 4.46. The molecular formula is C26H23N3O6. The van der Waals surface area contributed by atoms with Crippen LogP contribution in [0.15, 0.2) is 28.2 Å². The number of hydrogen-bond acceptors (Lipinski definition) is 8. The van der Waals surface area contributed by atoms with Crippen LogP contribution < -0.4 is 15.0 Å². The molecule has 0 amide bonds. The van der Waals surface area contributed by atoms with Gasteiger partial charge in [0.15, 0.2) is 11.5 Å². The fourth-order valence-corrected chi connectivity index (χ4v) is 6.18. The zero-order valence-corrected chi connectivity index (χ0v) is 19.0. The lowest BCUT2D eigenvalue weighted by molar-refractivity contribution is -0.148. The monoisotopic (exact) mass is 473 g/mol. The van der Waals surface area contributed by atoms with Crippen LogP contribution in [-0.4, -0.2) is 22.3 Å². The van der Waals surface area contributed by atoms with Crippen molar-refractivity contribution in [1.29, 1.82) is 0 Å². The number of nitrogens with zero attached hydrogens (tertiary/aromatic N) is 3. The summed E-state index contributed by atoms with van der Waals surface area (Å²) in [5.41, 5.74) is 4.75. The van der Waals surface area contributed by atoms with Gasteiger partial charge in [0.2, 0.25) is 12.8 Å². The number of ether oxygens (including phenoxy) is 3. The Kier molecular flexibility index (Phi) is 4.49. The SMILES string of the molecule is O=NC1C(=O)OCc2c1cc1n(c2=O)Cc2c-1nc1cc3c(cc1c2C1CCCCCC1)OCO3. The van der Waals surface area contributed by atoms with Gasteiger partial charge in [0, 0.05) is 22.6 Å². The Hall–Kier alpha value is -3.75. The van der Waals surface area contributed by atoms with Gasteiger partial charge in [-0.05, 0) is 41.6 Å². The van der Waals surface area contributed by atoms with E-state index < -0.39 is 12.0 Å². The van der Waals surface area contributed by atoms with Crippen molar-refractivity contribution in [3.8, 4) is 22.9 Å². The number of hydrogen-bond donors (Lipinski definition) is 0. The third kappa shape index (κ3) is 2.96. The molecule has 0 saturated heterocycles. The van der Waals surface area contributed by atoms with Crippen LogP contribution in [-0.2, 0) is 22.7 Å². The van der Waals surface area contributed by atoms with E-state index in [1.807, 2.05) is 12.1 Å². The lowest BCUT2D eigenvalue weighted by Crippen LogP contribution is -2.32. The molecule has 5 heterocycles. The molecule has 2 aromatic heterocycles. The van der Waals surface area contributed by atoms with Crippen LogP contribution in [0.3, 0.4) is 0 Å². The number of esters is 1. The Morgan fingerprint density at radius 3 is 2.49 bits per heavy atom. The summed E-state index contributed by atoms with van der Waals surface area (Å²) in [4.78, 5) is 42.1. The van der Waals surface area contributed by atoms with Gasteiger partial charge in [0.05, 0.1) is 29.0 Å². The average molecular weight is 473 g/mol. The minimum Gasteiger partial charge on any atom is -0.459 e. The maximum Gasteiger partial charge on any atom is 0.339 e. The molecule has 0 radical (unpaired) electrons. The normalized spacial score (nSPS) is 20.7. The molecule has 1 aliphatic carbocycles. The third-order valence-electron chi connectivity index (χ3n) is 7.86. The molecule has 9 nitrogen and oxygen atoms in total. The Bertz CT molecular complexity index is 1490. The maximum atomic E-state index is 13.5. The van der Waals surface area contributed by atoms with E-state index in [2.05, 4.69) is 5.18 Å². The molecule has 9 heteroatoms. The van der Waals surface area contributed by atoms with Gasteiger partial charge in [-0.3, -0.25) is 4.79 Å². The molecule has 178 valence electrons. The molecule has 0 spiro atoms. The van der Waals surface area contributed by atoms with Gasteiger partial charge in [-0.25, -0.2) is 9.78 Å². The average Bonchev–Trinajstić information content (AvgIpc) is 3.36. The fraction of sp³-hybridized carbons (Fsp3) is 0.423. The standard InChI is InChI=1S/C26H23N3O6/c30-25-17-11-33-26(31)24(28-32)14(17)7-19-23-16(10-29(19)25)22(13-5-3-1-2-4-6-13)15-8-20-21(35-12-34-20)9-18(15)27-23/h7-9,13,24H,1-6,10-12H2. The van der Waals surface area contributed by atoms with Crippen LogP contribution in [0.2, 0.25) is 0 Å². The second-order valence-corrected chi connectivity index (χ2v) is 9.73. The Morgan fingerprint density at radius 1 is 0.943 bits per heavy atom. The Labute approximate surface area is 200 Å². The van der Waals surface area contributed by atoms with E-state index in [0.29, 0.717) is 40.8 Å². The summed E-state index contributed by atoms with van der Waals surface area (Å²) >= 11 is 0. The molecule has 3 aromatic rings. The van der Waals surface area contributed by atoms with Gasteiger partial charge in [-0.15, -0.1) is 4.91 Å². The number of cyclic esters (lactones) is 1. The van der Waals surface area contributed by atoms with Gasteiger partial charge in [0.1, 0.15) is 6.61 Å². The summed E-state index contributed by atoms with van der Waals surface area (Å²) in [6, 6.07) is 4.33. The van der Waals surface area contributed by atoms with Crippen LogP contribution in [0, 0.1) is 4.91 Å². The number of carbonyl (C=O) groups is 1. The topological polar surface area (TPSA) is 109 Å². The molecule has 7 rings (SSSR count). The number of nitroso groups, excluding NO2 is 1. The van der Waals surface area contributed by atoms with E-state index in [1.165, 1.54) is 31.2 Å². The first-order valence-corrected chi connectivity index (χ1v) is 12.2. The molecule has 1 unspecified atom stereocenters. The van der Waals surface area contributed by atoms with Crippen molar-refractivity contribution in [1.82, 2.24) is 9.55 Å². The first kappa shape index (κ1) is 20.6. The molecule has 4 aliphatic rings. The zero-order chi connectivity index (χ0) is 23.7. The molecule has 1 atom stereocenters. The van der Waals surface area contributed by atoms with Crippen molar-refractivity contribution in [2.45, 2.75) is 63.6 Å². The van der Waals surface area contributed by atoms with E-state index in [1.54, 1.807) is 10.6 Å². The highest BCUT2D eigenvalue weighted by molar-refractivity contribution is 5.91. The highest BCUT2D eigenvalue weighted by Gasteiger charge is 2.37. The summed E-state index contributed by atoms with van der Waals surface area (Å²) in [5.74, 6) is 0.998. The number of pyridine rings is 2. The fourth-order valence-electron chi connectivity index (χ4n) is 6.18. The summed E-state index contributed by atoms with van der Waals surface area (Å²) in [6.45, 7) is 0.430. The summed E-state index contributed by atoms with van der Waals surface area (Å²) in [7, 11) is 0. The third-order valence-corrected chi connectivity index (χ3v) is 7.86. The van der Waals surface area contributed by atoms with Crippen molar-refractivity contribution < 1.29 is 19.0 Å². The van der Waals surface area contributed by atoms with Crippen molar-refractivity contribution >= 4 is 16.9 Å². The van der Waals surface area contributed by atoms with E-state index in [-0.39, 0.29) is 19.0 Å². The van der Waals surface area contributed by atoms with E-state index >= 15 is 0 Å². The van der Waals surface area contributed by atoms with Gasteiger partial charge >= 0.3 is 5.97 Å². The lowest BCUT2D eigenvalue weighted by Gasteiger charge is -2.21. The van der Waals surface area contributed by atoms with Crippen molar-refractivity contribution in [2.75, 3.05) is 6.79 Å². The number of benzene rings is 1. The molecule has 1 fully saturated rings. The van der Waals surface area contributed by atoms with E-state index in [9.17, 15) is 14.5 Å². The number of rotatable bonds is 2. The summed E-state index contributed by atoms with van der Waals surface area (Å²) in [5, 5.41) is 4.00. The second-order valence-electron chi connectivity index (χ2n) is 9.73. The first-order valence-electron chi connectivity index (χ1n) is 12.2. The molecule has 0 N–H and O–H groups in total. The van der Waals surface area contributed by atoms with Crippen LogP contribution in [0.1, 0.15) is 72.7 Å². The Balaban J connectivity index is 1.50. The molecule has 0 bridgehead atoms. The second kappa shape index (κ2) is 7.63. The van der Waals surface area contributed by atoms with Crippen molar-refractivity contribution in [3.63, 3.8) is 0 Å². The van der Waals surface area contributed by atoms with Gasteiger partial charge < -0.3 is 18.8 Å². The Morgan fingerprint density at radius 2 is 1.71 bits per heavy atom. The zero-order valence-electron chi connectivity index (χ0n) is 19.0. The number of carbonyl (C=O) groups excluding carboxylic acids is 1. The van der Waals surface area contributed by atoms with Gasteiger partial charge in [-0.2, -0.15) is 0 Å². The summed E-state index contributed by atoms with van der Waals surface area (Å²) in [6.07, 6.45) is 6.97. The highest BCUT2D eigenvalue weighted by Crippen LogP contribution is 2.46. The molecule has 35 heavy (non-hydrogen) atoms. The molecule has 1 aromatic carbocycles. The largest absolute Gasteiger partial charge is 0.459 e. The van der Waals surface area contributed by atoms with Crippen molar-refractivity contribution in [2.24, 2.45) is 5.18 Å². The minimum absolute atomic E-state index is 0.151. The number of fused-ring (bicyclic) bond motifs is 6.